The highest BCUT2D eigenvalue weighted by molar-refractivity contribution is 5.69. The van der Waals surface area contributed by atoms with Crippen molar-refractivity contribution in [2.75, 3.05) is 34.3 Å². The Morgan fingerprint density at radius 3 is 2.50 bits per heavy atom. The van der Waals surface area contributed by atoms with Gasteiger partial charge in [-0.25, -0.2) is 0 Å². The molecular formula is C9H16NO2+. The summed E-state index contributed by atoms with van der Waals surface area (Å²) in [6.45, 7) is 0.847. The lowest BCUT2D eigenvalue weighted by Crippen LogP contribution is -2.36. The third-order valence-electron chi connectivity index (χ3n) is 1.30. The van der Waals surface area contributed by atoms with Crippen LogP contribution >= 0.6 is 0 Å². The van der Waals surface area contributed by atoms with Gasteiger partial charge in [-0.15, -0.1) is 6.42 Å². The number of ether oxygens (including phenoxy) is 1. The molecule has 0 aromatic heterocycles. The Morgan fingerprint density at radius 1 is 1.50 bits per heavy atom. The van der Waals surface area contributed by atoms with E-state index in [4.69, 9.17) is 11.2 Å². The van der Waals surface area contributed by atoms with Crippen LogP contribution in [0.1, 0.15) is 6.42 Å². The van der Waals surface area contributed by atoms with E-state index in [-0.39, 0.29) is 12.6 Å². The van der Waals surface area contributed by atoms with Crippen LogP contribution in [-0.2, 0) is 9.53 Å². The zero-order valence-corrected chi connectivity index (χ0v) is 7.96. The molecule has 0 aromatic carbocycles. The van der Waals surface area contributed by atoms with Gasteiger partial charge in [-0.05, 0) is 0 Å². The minimum Gasteiger partial charge on any atom is -0.452 e. The van der Waals surface area contributed by atoms with Gasteiger partial charge in [0.2, 0.25) is 0 Å². The van der Waals surface area contributed by atoms with E-state index in [2.05, 4.69) is 5.92 Å². The summed E-state index contributed by atoms with van der Waals surface area (Å²) in [5, 5.41) is 0. The molecule has 0 unspecified atom stereocenters. The van der Waals surface area contributed by atoms with Crippen molar-refractivity contribution >= 4 is 5.97 Å². The summed E-state index contributed by atoms with van der Waals surface area (Å²) in [5.41, 5.74) is 0. The molecule has 68 valence electrons. The first kappa shape index (κ1) is 11.0. The van der Waals surface area contributed by atoms with E-state index in [1.54, 1.807) is 0 Å². The molecule has 0 aliphatic heterocycles. The molecule has 0 aliphatic carbocycles. The molecule has 0 atom stereocenters. The van der Waals surface area contributed by atoms with E-state index in [0.29, 0.717) is 6.42 Å². The first-order chi connectivity index (χ1) is 5.45. The number of quaternary nitrogens is 1. The van der Waals surface area contributed by atoms with Crippen LogP contribution in [0.15, 0.2) is 0 Å². The Morgan fingerprint density at radius 2 is 2.08 bits per heavy atom. The number of rotatable bonds is 4. The van der Waals surface area contributed by atoms with Crippen LogP contribution in [0.4, 0.5) is 0 Å². The maximum absolute atomic E-state index is 10.9. The first-order valence-corrected chi connectivity index (χ1v) is 3.85. The minimum atomic E-state index is -0.221. The summed E-state index contributed by atoms with van der Waals surface area (Å²) in [5.74, 6) is 2.03. The van der Waals surface area contributed by atoms with Crippen molar-refractivity contribution in [1.82, 2.24) is 0 Å². The molecule has 0 saturated carbocycles. The average molecular weight is 170 g/mol. The first-order valence-electron chi connectivity index (χ1n) is 3.85. The third kappa shape index (κ3) is 7.10. The maximum Gasteiger partial charge on any atom is 0.312 e. The van der Waals surface area contributed by atoms with Crippen LogP contribution in [0, 0.1) is 12.3 Å². The zero-order valence-electron chi connectivity index (χ0n) is 7.96. The summed E-state index contributed by atoms with van der Waals surface area (Å²) in [7, 11) is 6.07. The summed E-state index contributed by atoms with van der Waals surface area (Å²) < 4.78 is 5.46. The number of nitrogens with zero attached hydrogens (tertiary/aromatic N) is 1. The van der Waals surface area contributed by atoms with Gasteiger partial charge in [0, 0.05) is 0 Å². The van der Waals surface area contributed by atoms with Gasteiger partial charge in [-0.2, -0.15) is 0 Å². The summed E-state index contributed by atoms with van der Waals surface area (Å²) in [4.78, 5) is 10.9. The summed E-state index contributed by atoms with van der Waals surface area (Å²) >= 11 is 0. The molecule has 0 saturated heterocycles. The second-order valence-corrected chi connectivity index (χ2v) is 3.63. The Kier molecular flexibility index (Phi) is 4.38. The molecule has 3 heteroatoms. The Labute approximate surface area is 73.9 Å². The lowest BCUT2D eigenvalue weighted by atomic mass is 10.4. The lowest BCUT2D eigenvalue weighted by molar-refractivity contribution is -0.869. The van der Waals surface area contributed by atoms with Gasteiger partial charge < -0.3 is 9.22 Å². The summed E-state index contributed by atoms with van der Waals surface area (Å²) in [6, 6.07) is 0. The molecule has 0 aromatic rings. The van der Waals surface area contributed by atoms with Gasteiger partial charge in [0.15, 0.2) is 6.61 Å². The SMILES string of the molecule is C#CCOC(=O)CC[N+](C)(C)C. The molecule has 0 bridgehead atoms. The van der Waals surface area contributed by atoms with Crippen molar-refractivity contribution in [2.45, 2.75) is 6.42 Å². The molecule has 0 fully saturated rings. The van der Waals surface area contributed by atoms with Crippen LogP contribution in [-0.4, -0.2) is 44.7 Å². The topological polar surface area (TPSA) is 26.3 Å². The van der Waals surface area contributed by atoms with Crippen molar-refractivity contribution in [3.63, 3.8) is 0 Å². The van der Waals surface area contributed by atoms with Gasteiger partial charge in [0.25, 0.3) is 0 Å². The molecule has 0 spiro atoms. The minimum absolute atomic E-state index is 0.0793. The molecule has 12 heavy (non-hydrogen) atoms. The van der Waals surface area contributed by atoms with Crippen LogP contribution < -0.4 is 0 Å². The predicted octanol–water partition coefficient (Wildman–Crippen LogP) is 0.259. The van der Waals surface area contributed by atoms with Gasteiger partial charge in [0.05, 0.1) is 34.1 Å². The fourth-order valence-corrected chi connectivity index (χ4v) is 0.621. The summed E-state index contributed by atoms with van der Waals surface area (Å²) in [6.07, 6.45) is 5.35. The number of hydrogen-bond donors (Lipinski definition) is 0. The predicted molar refractivity (Wildman–Crippen MR) is 47.3 cm³/mol. The normalized spacial score (nSPS) is 10.5. The number of esters is 1. The maximum atomic E-state index is 10.9. The molecule has 0 rings (SSSR count). The fraction of sp³-hybridized carbons (Fsp3) is 0.667. The van der Waals surface area contributed by atoms with Crippen molar-refractivity contribution in [2.24, 2.45) is 0 Å². The van der Waals surface area contributed by atoms with Crippen molar-refractivity contribution < 1.29 is 14.0 Å². The van der Waals surface area contributed by atoms with Gasteiger partial charge in [-0.3, -0.25) is 4.79 Å². The highest BCUT2D eigenvalue weighted by Crippen LogP contribution is 1.95. The van der Waals surface area contributed by atoms with E-state index in [1.165, 1.54) is 0 Å². The number of hydrogen-bond acceptors (Lipinski definition) is 2. The highest BCUT2D eigenvalue weighted by atomic mass is 16.5. The van der Waals surface area contributed by atoms with E-state index in [0.717, 1.165) is 11.0 Å². The second kappa shape index (κ2) is 4.78. The number of carbonyl (C=O) groups is 1. The molecule has 0 aliphatic rings. The molecule has 0 amide bonds. The second-order valence-electron chi connectivity index (χ2n) is 3.63. The van der Waals surface area contributed by atoms with Gasteiger partial charge in [-0.1, -0.05) is 5.92 Å². The smallest absolute Gasteiger partial charge is 0.312 e. The van der Waals surface area contributed by atoms with Crippen molar-refractivity contribution in [3.05, 3.63) is 0 Å². The molecule has 3 nitrogen and oxygen atoms in total. The molecule has 0 heterocycles. The third-order valence-corrected chi connectivity index (χ3v) is 1.30. The Balaban J connectivity index is 3.53. The quantitative estimate of drug-likeness (QED) is 0.344. The number of terminal acetylenes is 1. The van der Waals surface area contributed by atoms with Crippen LogP contribution in [0.2, 0.25) is 0 Å². The number of carbonyl (C=O) groups excluding carboxylic acids is 1. The average Bonchev–Trinajstić information content (AvgIpc) is 1.95. The standard InChI is InChI=1S/C9H16NO2/c1-5-8-12-9(11)6-7-10(2,3)4/h1H,6-8H2,2-4H3/q+1. The van der Waals surface area contributed by atoms with E-state index in [1.807, 2.05) is 21.1 Å². The monoisotopic (exact) mass is 170 g/mol. The highest BCUT2D eigenvalue weighted by Gasteiger charge is 2.11. The largest absolute Gasteiger partial charge is 0.452 e. The van der Waals surface area contributed by atoms with Crippen LogP contribution in [0.5, 0.6) is 0 Å². The van der Waals surface area contributed by atoms with Crippen molar-refractivity contribution in [1.29, 1.82) is 0 Å². The van der Waals surface area contributed by atoms with Crippen LogP contribution in [0.25, 0.3) is 0 Å². The molecule has 0 radical (unpaired) electrons. The Hall–Kier alpha value is -1.01. The lowest BCUT2D eigenvalue weighted by Gasteiger charge is -2.22. The van der Waals surface area contributed by atoms with Gasteiger partial charge in [0.1, 0.15) is 0 Å². The van der Waals surface area contributed by atoms with E-state index in [9.17, 15) is 4.79 Å². The Bertz CT molecular complexity index is 186. The van der Waals surface area contributed by atoms with Crippen LogP contribution in [0.3, 0.4) is 0 Å². The van der Waals surface area contributed by atoms with Gasteiger partial charge >= 0.3 is 5.97 Å². The zero-order chi connectivity index (χ0) is 9.61. The van der Waals surface area contributed by atoms with E-state index < -0.39 is 0 Å². The van der Waals surface area contributed by atoms with Crippen molar-refractivity contribution in [3.8, 4) is 12.3 Å². The molecule has 0 N–H and O–H groups in total. The molecular weight excluding hydrogens is 154 g/mol. The fourth-order valence-electron chi connectivity index (χ4n) is 0.621. The van der Waals surface area contributed by atoms with E-state index >= 15 is 0 Å².